The van der Waals surface area contributed by atoms with Crippen LogP contribution >= 0.6 is 11.6 Å². The summed E-state index contributed by atoms with van der Waals surface area (Å²) >= 11 is 5.96. The summed E-state index contributed by atoms with van der Waals surface area (Å²) in [5, 5.41) is 0.350. The Labute approximate surface area is 129 Å². The number of nitrogen functional groups attached to an aromatic ring is 1. The molecule has 1 unspecified atom stereocenters. The Kier molecular flexibility index (Phi) is 4.46. The van der Waals surface area contributed by atoms with Gasteiger partial charge in [0.25, 0.3) is 0 Å². The van der Waals surface area contributed by atoms with Crippen molar-refractivity contribution in [1.29, 1.82) is 0 Å². The van der Waals surface area contributed by atoms with Crippen LogP contribution in [0.25, 0.3) is 0 Å². The maximum absolute atomic E-state index is 12.6. The number of hydrogen-bond acceptors (Lipinski definition) is 4. The topological polar surface area (TPSA) is 106 Å². The van der Waals surface area contributed by atoms with E-state index in [-0.39, 0.29) is 17.1 Å². The fourth-order valence-corrected chi connectivity index (χ4v) is 4.21. The molecule has 1 aliphatic rings. The number of amides is 1. The first-order valence-electron chi connectivity index (χ1n) is 6.58. The number of nitrogens with two attached hydrogens (primary N) is 2. The second kappa shape index (κ2) is 5.82. The zero-order chi connectivity index (χ0) is 15.8. The third-order valence-corrected chi connectivity index (χ3v) is 6.04. The van der Waals surface area contributed by atoms with Gasteiger partial charge in [-0.2, -0.15) is 4.31 Å². The summed E-state index contributed by atoms with van der Waals surface area (Å²) in [5.74, 6) is -0.916. The third kappa shape index (κ3) is 3.14. The molecule has 6 nitrogen and oxygen atoms in total. The molecule has 0 aromatic heterocycles. The van der Waals surface area contributed by atoms with Crippen molar-refractivity contribution in [3.05, 3.63) is 22.7 Å². The molecule has 1 aromatic rings. The standard InChI is InChI=1S/C13H18ClN3O3S/c1-8-5-10(6-11(15)12(8)14)21(19,20)17-4-2-3-9(7-17)13(16)18/h5-6,9H,2-4,7,15H2,1H3,(H2,16,18). The van der Waals surface area contributed by atoms with Gasteiger partial charge in [-0.15, -0.1) is 0 Å². The second-order valence-electron chi connectivity index (χ2n) is 5.25. The number of aryl methyl sites for hydroxylation is 1. The van der Waals surface area contributed by atoms with Crippen molar-refractivity contribution in [1.82, 2.24) is 4.31 Å². The van der Waals surface area contributed by atoms with Crippen LogP contribution in [0, 0.1) is 12.8 Å². The van der Waals surface area contributed by atoms with Crippen LogP contribution in [0.2, 0.25) is 5.02 Å². The molecular formula is C13H18ClN3O3S. The summed E-state index contributed by atoms with van der Waals surface area (Å²) in [7, 11) is -3.70. The van der Waals surface area contributed by atoms with Crippen LogP contribution in [0.3, 0.4) is 0 Å². The SMILES string of the molecule is Cc1cc(S(=O)(=O)N2CCCC(C(N)=O)C2)cc(N)c1Cl. The number of hydrogen-bond donors (Lipinski definition) is 2. The van der Waals surface area contributed by atoms with E-state index in [1.54, 1.807) is 6.92 Å². The van der Waals surface area contributed by atoms with Crippen molar-refractivity contribution in [2.24, 2.45) is 11.7 Å². The fourth-order valence-electron chi connectivity index (χ4n) is 2.45. The van der Waals surface area contributed by atoms with E-state index in [0.717, 1.165) is 0 Å². The van der Waals surface area contributed by atoms with Gasteiger partial charge in [-0.25, -0.2) is 8.42 Å². The zero-order valence-electron chi connectivity index (χ0n) is 11.7. The first kappa shape index (κ1) is 16.1. The Morgan fingerprint density at radius 2 is 2.10 bits per heavy atom. The Balaban J connectivity index is 2.36. The molecule has 0 radical (unpaired) electrons. The minimum atomic E-state index is -3.70. The van der Waals surface area contributed by atoms with Gasteiger partial charge in [-0.1, -0.05) is 11.6 Å². The molecule has 1 aromatic carbocycles. The maximum atomic E-state index is 12.6. The van der Waals surface area contributed by atoms with Crippen molar-refractivity contribution >= 4 is 33.2 Å². The van der Waals surface area contributed by atoms with Crippen LogP contribution < -0.4 is 11.5 Å². The Morgan fingerprint density at radius 3 is 2.67 bits per heavy atom. The van der Waals surface area contributed by atoms with Gasteiger partial charge in [-0.3, -0.25) is 4.79 Å². The van der Waals surface area contributed by atoms with Gasteiger partial charge in [0, 0.05) is 13.1 Å². The number of benzene rings is 1. The van der Waals surface area contributed by atoms with Gasteiger partial charge in [0.15, 0.2) is 0 Å². The van der Waals surface area contributed by atoms with E-state index in [2.05, 4.69) is 0 Å². The van der Waals surface area contributed by atoms with Crippen molar-refractivity contribution in [3.63, 3.8) is 0 Å². The Bertz CT molecular complexity index is 652. The van der Waals surface area contributed by atoms with E-state index in [1.807, 2.05) is 0 Å². The molecule has 1 atom stereocenters. The molecule has 0 bridgehead atoms. The van der Waals surface area contributed by atoms with Crippen LogP contribution in [-0.4, -0.2) is 31.7 Å². The second-order valence-corrected chi connectivity index (χ2v) is 7.56. The molecule has 4 N–H and O–H groups in total. The molecule has 21 heavy (non-hydrogen) atoms. The molecule has 116 valence electrons. The number of carbonyl (C=O) groups excluding carboxylic acids is 1. The number of nitrogens with zero attached hydrogens (tertiary/aromatic N) is 1. The summed E-state index contributed by atoms with van der Waals surface area (Å²) < 4.78 is 26.6. The third-order valence-electron chi connectivity index (χ3n) is 3.68. The number of anilines is 1. The minimum absolute atomic E-state index is 0.0898. The maximum Gasteiger partial charge on any atom is 0.243 e. The van der Waals surface area contributed by atoms with E-state index >= 15 is 0 Å². The molecule has 1 aliphatic heterocycles. The zero-order valence-corrected chi connectivity index (χ0v) is 13.2. The lowest BCUT2D eigenvalue weighted by atomic mass is 9.99. The summed E-state index contributed by atoms with van der Waals surface area (Å²) in [4.78, 5) is 11.4. The predicted octanol–water partition coefficient (Wildman–Crippen LogP) is 1.12. The predicted molar refractivity (Wildman–Crippen MR) is 81.3 cm³/mol. The number of rotatable bonds is 3. The first-order valence-corrected chi connectivity index (χ1v) is 8.40. The highest BCUT2D eigenvalue weighted by Crippen LogP contribution is 2.30. The normalized spacial score (nSPS) is 20.4. The highest BCUT2D eigenvalue weighted by Gasteiger charge is 2.32. The van der Waals surface area contributed by atoms with Crippen LogP contribution in [0.4, 0.5) is 5.69 Å². The number of piperidine rings is 1. The number of primary amides is 1. The van der Waals surface area contributed by atoms with E-state index in [4.69, 9.17) is 23.1 Å². The first-order chi connectivity index (χ1) is 9.73. The van der Waals surface area contributed by atoms with E-state index in [0.29, 0.717) is 30.0 Å². The molecule has 1 fully saturated rings. The molecule has 2 rings (SSSR count). The molecule has 0 aliphatic carbocycles. The highest BCUT2D eigenvalue weighted by molar-refractivity contribution is 7.89. The minimum Gasteiger partial charge on any atom is -0.397 e. The average Bonchev–Trinajstić information content (AvgIpc) is 2.44. The van der Waals surface area contributed by atoms with E-state index < -0.39 is 21.8 Å². The van der Waals surface area contributed by atoms with Crippen molar-refractivity contribution in [3.8, 4) is 0 Å². The average molecular weight is 332 g/mol. The molecule has 1 amide bonds. The van der Waals surface area contributed by atoms with Gasteiger partial charge in [0.1, 0.15) is 0 Å². The lowest BCUT2D eigenvalue weighted by molar-refractivity contribution is -0.122. The lowest BCUT2D eigenvalue weighted by Gasteiger charge is -2.30. The van der Waals surface area contributed by atoms with Gasteiger partial charge in [0.2, 0.25) is 15.9 Å². The van der Waals surface area contributed by atoms with Crippen LogP contribution in [0.15, 0.2) is 17.0 Å². The van der Waals surface area contributed by atoms with Crippen molar-refractivity contribution < 1.29 is 13.2 Å². The molecule has 8 heteroatoms. The van der Waals surface area contributed by atoms with Crippen LogP contribution in [-0.2, 0) is 14.8 Å². The summed E-state index contributed by atoms with van der Waals surface area (Å²) in [6.07, 6.45) is 1.22. The monoisotopic (exact) mass is 331 g/mol. The van der Waals surface area contributed by atoms with Gasteiger partial charge >= 0.3 is 0 Å². The van der Waals surface area contributed by atoms with E-state index in [1.165, 1.54) is 16.4 Å². The number of halogens is 1. The lowest BCUT2D eigenvalue weighted by Crippen LogP contribution is -2.44. The van der Waals surface area contributed by atoms with Crippen molar-refractivity contribution in [2.75, 3.05) is 18.8 Å². The smallest absolute Gasteiger partial charge is 0.243 e. The Morgan fingerprint density at radius 1 is 1.43 bits per heavy atom. The van der Waals surface area contributed by atoms with E-state index in [9.17, 15) is 13.2 Å². The molecule has 1 heterocycles. The Hall–Kier alpha value is -1.31. The van der Waals surface area contributed by atoms with Crippen LogP contribution in [0.5, 0.6) is 0 Å². The fraction of sp³-hybridized carbons (Fsp3) is 0.462. The quantitative estimate of drug-likeness (QED) is 0.809. The highest BCUT2D eigenvalue weighted by atomic mass is 35.5. The van der Waals surface area contributed by atoms with Crippen molar-refractivity contribution in [2.45, 2.75) is 24.7 Å². The molecular weight excluding hydrogens is 314 g/mol. The summed E-state index contributed by atoms with van der Waals surface area (Å²) in [6.45, 7) is 2.17. The summed E-state index contributed by atoms with van der Waals surface area (Å²) in [5.41, 5.74) is 11.8. The van der Waals surface area contributed by atoms with Crippen LogP contribution in [0.1, 0.15) is 18.4 Å². The summed E-state index contributed by atoms with van der Waals surface area (Å²) in [6, 6.07) is 2.83. The van der Waals surface area contributed by atoms with Gasteiger partial charge < -0.3 is 11.5 Å². The number of sulfonamides is 1. The number of carbonyl (C=O) groups is 1. The molecule has 1 saturated heterocycles. The molecule has 0 spiro atoms. The largest absolute Gasteiger partial charge is 0.397 e. The van der Waals surface area contributed by atoms with Gasteiger partial charge in [0.05, 0.1) is 21.5 Å². The molecule has 0 saturated carbocycles. The van der Waals surface area contributed by atoms with Gasteiger partial charge in [-0.05, 0) is 37.5 Å².